The fourth-order valence-corrected chi connectivity index (χ4v) is 3.38. The third-order valence-electron chi connectivity index (χ3n) is 5.06. The molecule has 2 atom stereocenters. The molecule has 0 saturated carbocycles. The summed E-state index contributed by atoms with van der Waals surface area (Å²) in [4.78, 5) is 38.7. The minimum atomic E-state index is -0.729. The predicted octanol–water partition coefficient (Wildman–Crippen LogP) is 3.10. The van der Waals surface area contributed by atoms with E-state index in [-0.39, 0.29) is 30.7 Å². The van der Waals surface area contributed by atoms with Gasteiger partial charge in [0.25, 0.3) is 5.91 Å². The fourth-order valence-electron chi connectivity index (χ4n) is 3.38. The highest BCUT2D eigenvalue weighted by Gasteiger charge is 2.40. The Morgan fingerprint density at radius 1 is 1.13 bits per heavy atom. The van der Waals surface area contributed by atoms with E-state index in [0.717, 1.165) is 5.56 Å². The molecular weight excluding hydrogens is 386 g/mol. The van der Waals surface area contributed by atoms with Crippen LogP contribution in [0.4, 0.5) is 10.5 Å². The van der Waals surface area contributed by atoms with Crippen molar-refractivity contribution >= 4 is 23.5 Å². The molecule has 0 unspecified atom stereocenters. The molecule has 30 heavy (non-hydrogen) atoms. The van der Waals surface area contributed by atoms with E-state index in [4.69, 9.17) is 9.47 Å². The van der Waals surface area contributed by atoms with E-state index in [1.807, 2.05) is 30.3 Å². The summed E-state index contributed by atoms with van der Waals surface area (Å²) in [5.74, 6) is 0.466. The lowest BCUT2D eigenvalue weighted by Crippen LogP contribution is -2.34. The Balaban J connectivity index is 1.59. The largest absolute Gasteiger partial charge is 0.497 e. The lowest BCUT2D eigenvalue weighted by molar-refractivity contribution is -0.129. The third-order valence-corrected chi connectivity index (χ3v) is 5.06. The number of benzene rings is 2. The molecular formula is C22H25N3O5. The van der Waals surface area contributed by atoms with Gasteiger partial charge in [-0.05, 0) is 31.0 Å². The van der Waals surface area contributed by atoms with E-state index in [9.17, 15) is 14.4 Å². The van der Waals surface area contributed by atoms with Gasteiger partial charge in [0, 0.05) is 12.5 Å². The van der Waals surface area contributed by atoms with E-state index in [1.165, 1.54) is 12.0 Å². The van der Waals surface area contributed by atoms with E-state index in [1.54, 1.807) is 32.2 Å². The summed E-state index contributed by atoms with van der Waals surface area (Å²) in [7, 11) is 3.04. The first-order valence-electron chi connectivity index (χ1n) is 9.65. The Hall–Kier alpha value is -3.55. The molecule has 158 valence electrons. The number of hydrogen-bond donors (Lipinski definition) is 2. The van der Waals surface area contributed by atoms with Crippen molar-refractivity contribution in [3.63, 3.8) is 0 Å². The number of imide groups is 1. The summed E-state index contributed by atoms with van der Waals surface area (Å²) < 4.78 is 10.4. The maximum Gasteiger partial charge on any atom is 0.325 e. The Labute approximate surface area is 175 Å². The molecule has 0 spiro atoms. The van der Waals surface area contributed by atoms with Crippen molar-refractivity contribution in [2.75, 3.05) is 19.5 Å². The molecule has 1 heterocycles. The number of carbonyl (C=O) groups is 3. The molecule has 0 aromatic heterocycles. The van der Waals surface area contributed by atoms with Crippen LogP contribution in [0.5, 0.6) is 11.5 Å². The smallest absolute Gasteiger partial charge is 0.325 e. The van der Waals surface area contributed by atoms with E-state index in [0.29, 0.717) is 17.2 Å². The average Bonchev–Trinajstić information content (AvgIpc) is 3.05. The van der Waals surface area contributed by atoms with Gasteiger partial charge in [-0.2, -0.15) is 0 Å². The van der Waals surface area contributed by atoms with Gasteiger partial charge in [0.2, 0.25) is 5.91 Å². The molecule has 8 nitrogen and oxygen atoms in total. The summed E-state index contributed by atoms with van der Waals surface area (Å²) >= 11 is 0. The van der Waals surface area contributed by atoms with Crippen molar-refractivity contribution < 1.29 is 23.9 Å². The standard InChI is InChI=1S/C22H25N3O5/c1-14(15-7-5-4-6-8-15)25-21(27)18(24-22(25)28)11-12-20(26)23-17-10-9-16(29-2)13-19(17)30-3/h4-10,13-14,18H,11-12H2,1-3H3,(H,23,26)(H,24,28)/t14-,18+/m0/s1. The molecule has 0 aliphatic carbocycles. The van der Waals surface area contributed by atoms with E-state index in [2.05, 4.69) is 10.6 Å². The van der Waals surface area contributed by atoms with Crippen molar-refractivity contribution in [2.45, 2.75) is 31.8 Å². The third kappa shape index (κ3) is 4.53. The summed E-state index contributed by atoms with van der Waals surface area (Å²) in [5.41, 5.74) is 1.37. The molecule has 2 N–H and O–H groups in total. The monoisotopic (exact) mass is 411 g/mol. The fraction of sp³-hybridized carbons (Fsp3) is 0.318. The molecule has 0 radical (unpaired) electrons. The molecule has 1 aliphatic rings. The van der Waals surface area contributed by atoms with E-state index >= 15 is 0 Å². The van der Waals surface area contributed by atoms with Crippen LogP contribution in [0.2, 0.25) is 0 Å². The molecule has 4 amide bonds. The highest BCUT2D eigenvalue weighted by atomic mass is 16.5. The molecule has 2 aromatic rings. The van der Waals surface area contributed by atoms with Gasteiger partial charge in [-0.3, -0.25) is 14.5 Å². The Morgan fingerprint density at radius 3 is 2.53 bits per heavy atom. The highest BCUT2D eigenvalue weighted by molar-refractivity contribution is 6.05. The Kier molecular flexibility index (Phi) is 6.56. The number of methoxy groups -OCH3 is 2. The second kappa shape index (κ2) is 9.30. The minimum absolute atomic E-state index is 0.0689. The van der Waals surface area contributed by atoms with Crippen LogP contribution in [0, 0.1) is 0 Å². The lowest BCUT2D eigenvalue weighted by Gasteiger charge is -2.21. The van der Waals surface area contributed by atoms with Crippen LogP contribution in [0.15, 0.2) is 48.5 Å². The zero-order valence-electron chi connectivity index (χ0n) is 17.2. The van der Waals surface area contributed by atoms with Gasteiger partial charge in [0.15, 0.2) is 0 Å². The van der Waals surface area contributed by atoms with Crippen LogP contribution in [-0.2, 0) is 9.59 Å². The number of nitrogens with one attached hydrogen (secondary N) is 2. The van der Waals surface area contributed by atoms with Crippen molar-refractivity contribution in [3.8, 4) is 11.5 Å². The summed E-state index contributed by atoms with van der Waals surface area (Å²) in [6.45, 7) is 1.80. The van der Waals surface area contributed by atoms with Gasteiger partial charge in [-0.25, -0.2) is 4.79 Å². The van der Waals surface area contributed by atoms with Gasteiger partial charge in [-0.15, -0.1) is 0 Å². The summed E-state index contributed by atoms with van der Waals surface area (Å²) in [5, 5.41) is 5.44. The number of anilines is 1. The van der Waals surface area contributed by atoms with Crippen LogP contribution >= 0.6 is 0 Å². The first kappa shape index (κ1) is 21.2. The molecule has 1 saturated heterocycles. The topological polar surface area (TPSA) is 97.0 Å². The first-order valence-corrected chi connectivity index (χ1v) is 9.65. The summed E-state index contributed by atoms with van der Waals surface area (Å²) in [6, 6.07) is 12.8. The van der Waals surface area contributed by atoms with Gasteiger partial charge in [0.05, 0.1) is 25.9 Å². The normalized spacial score (nSPS) is 16.8. The number of rotatable bonds is 8. The number of ether oxygens (including phenoxy) is 2. The van der Waals surface area contributed by atoms with Crippen LogP contribution in [0.1, 0.15) is 31.4 Å². The van der Waals surface area contributed by atoms with Crippen molar-refractivity contribution in [1.82, 2.24) is 10.2 Å². The molecule has 8 heteroatoms. The minimum Gasteiger partial charge on any atom is -0.497 e. The number of amides is 4. The Bertz CT molecular complexity index is 932. The van der Waals surface area contributed by atoms with Crippen LogP contribution in [0.25, 0.3) is 0 Å². The number of nitrogens with zero attached hydrogens (tertiary/aromatic N) is 1. The molecule has 0 bridgehead atoms. The predicted molar refractivity (Wildman–Crippen MR) is 111 cm³/mol. The van der Waals surface area contributed by atoms with Gasteiger partial charge in [0.1, 0.15) is 17.5 Å². The number of carbonyl (C=O) groups excluding carboxylic acids is 3. The van der Waals surface area contributed by atoms with Gasteiger partial charge < -0.3 is 20.1 Å². The van der Waals surface area contributed by atoms with Crippen molar-refractivity contribution in [1.29, 1.82) is 0 Å². The van der Waals surface area contributed by atoms with Crippen molar-refractivity contribution in [2.24, 2.45) is 0 Å². The number of urea groups is 1. The number of hydrogen-bond acceptors (Lipinski definition) is 5. The summed E-state index contributed by atoms with van der Waals surface area (Å²) in [6.07, 6.45) is 0.270. The maximum atomic E-state index is 12.7. The van der Waals surface area contributed by atoms with Gasteiger partial charge in [-0.1, -0.05) is 30.3 Å². The molecule has 1 fully saturated rings. The molecule has 3 rings (SSSR count). The van der Waals surface area contributed by atoms with Gasteiger partial charge >= 0.3 is 6.03 Å². The van der Waals surface area contributed by atoms with Crippen LogP contribution < -0.4 is 20.1 Å². The van der Waals surface area contributed by atoms with Crippen LogP contribution in [-0.4, -0.2) is 43.0 Å². The SMILES string of the molecule is COc1ccc(NC(=O)CC[C@H]2NC(=O)N([C@@H](C)c3ccccc3)C2=O)c(OC)c1. The lowest BCUT2D eigenvalue weighted by atomic mass is 10.1. The molecule has 2 aromatic carbocycles. The Morgan fingerprint density at radius 2 is 1.87 bits per heavy atom. The van der Waals surface area contributed by atoms with Crippen LogP contribution in [0.3, 0.4) is 0 Å². The first-order chi connectivity index (χ1) is 14.4. The second-order valence-electron chi connectivity index (χ2n) is 6.95. The average molecular weight is 411 g/mol. The zero-order valence-corrected chi connectivity index (χ0v) is 17.2. The molecule has 1 aliphatic heterocycles. The maximum absolute atomic E-state index is 12.7. The second-order valence-corrected chi connectivity index (χ2v) is 6.95. The van der Waals surface area contributed by atoms with Crippen molar-refractivity contribution in [3.05, 3.63) is 54.1 Å². The highest BCUT2D eigenvalue weighted by Crippen LogP contribution is 2.29. The van der Waals surface area contributed by atoms with E-state index < -0.39 is 12.1 Å². The quantitative estimate of drug-likeness (QED) is 0.651. The zero-order chi connectivity index (χ0) is 21.7.